The number of nitrogens with one attached hydrogen (secondary N) is 1. The summed E-state index contributed by atoms with van der Waals surface area (Å²) in [4.78, 5) is 27.9. The molecule has 31 heavy (non-hydrogen) atoms. The molecule has 0 aliphatic rings. The lowest BCUT2D eigenvalue weighted by molar-refractivity contribution is -0.122. The molecule has 3 aromatic carbocycles. The monoisotopic (exact) mass is 414 g/mol. The van der Waals surface area contributed by atoms with Crippen molar-refractivity contribution in [1.82, 2.24) is 10.2 Å². The average Bonchev–Trinajstić information content (AvgIpc) is 2.80. The molecule has 0 fully saturated rings. The lowest BCUT2D eigenvalue weighted by Gasteiger charge is -2.30. The van der Waals surface area contributed by atoms with Crippen molar-refractivity contribution in [2.75, 3.05) is 6.54 Å². The molecule has 3 aromatic rings. The molecule has 0 radical (unpaired) electrons. The number of rotatable bonds is 8. The maximum Gasteiger partial charge on any atom is 0.254 e. The van der Waals surface area contributed by atoms with Gasteiger partial charge in [-0.2, -0.15) is 0 Å². The van der Waals surface area contributed by atoms with Gasteiger partial charge in [-0.15, -0.1) is 0 Å². The van der Waals surface area contributed by atoms with Crippen molar-refractivity contribution < 1.29 is 9.59 Å². The van der Waals surface area contributed by atoms with Crippen LogP contribution in [-0.2, 0) is 4.79 Å². The third-order valence-electron chi connectivity index (χ3n) is 5.64. The minimum atomic E-state index is -0.146. The Morgan fingerprint density at radius 2 is 1.35 bits per heavy atom. The van der Waals surface area contributed by atoms with E-state index in [1.807, 2.05) is 106 Å². The number of benzene rings is 3. The maximum absolute atomic E-state index is 13.4. The molecule has 160 valence electrons. The van der Waals surface area contributed by atoms with E-state index in [9.17, 15) is 9.59 Å². The van der Waals surface area contributed by atoms with E-state index in [1.165, 1.54) is 0 Å². The molecule has 0 spiro atoms. The lowest BCUT2D eigenvalue weighted by Crippen LogP contribution is -2.37. The highest BCUT2D eigenvalue weighted by Crippen LogP contribution is 2.24. The van der Waals surface area contributed by atoms with E-state index in [2.05, 4.69) is 5.32 Å². The second-order valence-electron chi connectivity index (χ2n) is 7.85. The van der Waals surface area contributed by atoms with Gasteiger partial charge in [0.25, 0.3) is 5.91 Å². The SMILES string of the molecule is Cc1ccccc1C(=O)N(CCC(=O)NC(C)c1ccccc1)C(C)c1ccccc1. The molecule has 3 rings (SSSR count). The zero-order valence-corrected chi connectivity index (χ0v) is 18.4. The fraction of sp³-hybridized carbons (Fsp3) is 0.259. The van der Waals surface area contributed by atoms with Gasteiger partial charge in [-0.25, -0.2) is 0 Å². The molecule has 0 heterocycles. The summed E-state index contributed by atoms with van der Waals surface area (Å²) < 4.78 is 0. The van der Waals surface area contributed by atoms with Crippen molar-refractivity contribution in [2.45, 2.75) is 39.3 Å². The summed E-state index contributed by atoms with van der Waals surface area (Å²) in [5, 5.41) is 3.04. The van der Waals surface area contributed by atoms with E-state index in [4.69, 9.17) is 0 Å². The predicted molar refractivity (Wildman–Crippen MR) is 125 cm³/mol. The minimum absolute atomic E-state index is 0.0571. The molecule has 2 atom stereocenters. The standard InChI is InChI=1S/C27H30N2O2/c1-20-12-10-11-17-25(20)27(31)29(22(3)24-15-8-5-9-16-24)19-18-26(30)28-21(2)23-13-6-4-7-14-23/h4-17,21-22H,18-19H2,1-3H3,(H,28,30). The molecule has 0 saturated heterocycles. The van der Waals surface area contributed by atoms with Gasteiger partial charge in [-0.3, -0.25) is 9.59 Å². The molecule has 1 N–H and O–H groups in total. The summed E-state index contributed by atoms with van der Waals surface area (Å²) in [5.41, 5.74) is 3.70. The topological polar surface area (TPSA) is 49.4 Å². The van der Waals surface area contributed by atoms with Crippen LogP contribution in [0.1, 0.15) is 59.4 Å². The Balaban J connectivity index is 1.74. The zero-order chi connectivity index (χ0) is 22.2. The fourth-order valence-corrected chi connectivity index (χ4v) is 3.71. The number of hydrogen-bond acceptors (Lipinski definition) is 2. The highest BCUT2D eigenvalue weighted by molar-refractivity contribution is 5.96. The number of amides is 2. The van der Waals surface area contributed by atoms with Crippen LogP contribution in [0.3, 0.4) is 0 Å². The number of hydrogen-bond donors (Lipinski definition) is 1. The summed E-state index contributed by atoms with van der Waals surface area (Å²) in [7, 11) is 0. The summed E-state index contributed by atoms with van der Waals surface area (Å²) in [6.45, 7) is 6.26. The fourth-order valence-electron chi connectivity index (χ4n) is 3.71. The smallest absolute Gasteiger partial charge is 0.254 e. The van der Waals surface area contributed by atoms with Crippen LogP contribution < -0.4 is 5.32 Å². The van der Waals surface area contributed by atoms with Gasteiger partial charge in [-0.1, -0.05) is 78.9 Å². The van der Waals surface area contributed by atoms with Crippen LogP contribution in [0, 0.1) is 6.92 Å². The molecule has 0 aromatic heterocycles. The van der Waals surface area contributed by atoms with E-state index in [0.717, 1.165) is 16.7 Å². The third kappa shape index (κ3) is 5.82. The van der Waals surface area contributed by atoms with Crippen molar-refractivity contribution in [3.8, 4) is 0 Å². The highest BCUT2D eigenvalue weighted by Gasteiger charge is 2.24. The highest BCUT2D eigenvalue weighted by atomic mass is 16.2. The zero-order valence-electron chi connectivity index (χ0n) is 18.4. The maximum atomic E-state index is 13.4. The second kappa shape index (κ2) is 10.6. The first-order valence-corrected chi connectivity index (χ1v) is 10.7. The first-order valence-electron chi connectivity index (χ1n) is 10.7. The van der Waals surface area contributed by atoms with Crippen LogP contribution in [0.2, 0.25) is 0 Å². The molecule has 0 bridgehead atoms. The summed E-state index contributed by atoms with van der Waals surface area (Å²) in [5.74, 6) is -0.127. The minimum Gasteiger partial charge on any atom is -0.350 e. The number of nitrogens with zero attached hydrogens (tertiary/aromatic N) is 1. The molecule has 0 aliphatic heterocycles. The Morgan fingerprint density at radius 1 is 0.806 bits per heavy atom. The summed E-state index contributed by atoms with van der Waals surface area (Å²) in [6, 6.07) is 27.2. The Hall–Kier alpha value is -3.40. The van der Waals surface area contributed by atoms with E-state index in [1.54, 1.807) is 4.90 Å². The molecule has 4 heteroatoms. The number of carbonyl (C=O) groups is 2. The van der Waals surface area contributed by atoms with E-state index < -0.39 is 0 Å². The normalized spacial score (nSPS) is 12.6. The molecule has 2 unspecified atom stereocenters. The van der Waals surface area contributed by atoms with Gasteiger partial charge in [0.2, 0.25) is 5.91 Å². The van der Waals surface area contributed by atoms with Gasteiger partial charge >= 0.3 is 0 Å². The Labute approximate surface area is 184 Å². The number of aryl methyl sites for hydroxylation is 1. The van der Waals surface area contributed by atoms with E-state index in [-0.39, 0.29) is 30.3 Å². The Bertz CT molecular complexity index is 1000. The van der Waals surface area contributed by atoms with Crippen molar-refractivity contribution in [3.63, 3.8) is 0 Å². The summed E-state index contributed by atoms with van der Waals surface area (Å²) in [6.07, 6.45) is 0.242. The second-order valence-corrected chi connectivity index (χ2v) is 7.85. The Morgan fingerprint density at radius 3 is 1.97 bits per heavy atom. The van der Waals surface area contributed by atoms with Crippen LogP contribution in [0.25, 0.3) is 0 Å². The van der Waals surface area contributed by atoms with Crippen LogP contribution in [0.4, 0.5) is 0 Å². The van der Waals surface area contributed by atoms with Gasteiger partial charge in [0.15, 0.2) is 0 Å². The molecule has 0 aliphatic carbocycles. The van der Waals surface area contributed by atoms with Gasteiger partial charge in [0.05, 0.1) is 12.1 Å². The molecular weight excluding hydrogens is 384 g/mol. The predicted octanol–water partition coefficient (Wildman–Crippen LogP) is 5.47. The van der Waals surface area contributed by atoms with Gasteiger partial charge in [-0.05, 0) is 43.5 Å². The van der Waals surface area contributed by atoms with Crippen LogP contribution in [0.15, 0.2) is 84.9 Å². The quantitative estimate of drug-likeness (QED) is 0.532. The number of carbonyl (C=O) groups excluding carboxylic acids is 2. The first kappa shape index (κ1) is 22.3. The van der Waals surface area contributed by atoms with Gasteiger partial charge in [0, 0.05) is 18.5 Å². The van der Waals surface area contributed by atoms with Crippen molar-refractivity contribution >= 4 is 11.8 Å². The van der Waals surface area contributed by atoms with Crippen LogP contribution >= 0.6 is 0 Å². The first-order chi connectivity index (χ1) is 15.0. The van der Waals surface area contributed by atoms with Crippen molar-refractivity contribution in [1.29, 1.82) is 0 Å². The van der Waals surface area contributed by atoms with E-state index in [0.29, 0.717) is 12.1 Å². The lowest BCUT2D eigenvalue weighted by atomic mass is 10.0. The molecule has 0 saturated carbocycles. The van der Waals surface area contributed by atoms with E-state index >= 15 is 0 Å². The molecular formula is C27H30N2O2. The third-order valence-corrected chi connectivity index (χ3v) is 5.64. The largest absolute Gasteiger partial charge is 0.350 e. The van der Waals surface area contributed by atoms with Crippen molar-refractivity contribution in [2.24, 2.45) is 0 Å². The average molecular weight is 415 g/mol. The van der Waals surface area contributed by atoms with Gasteiger partial charge in [0.1, 0.15) is 0 Å². The van der Waals surface area contributed by atoms with Crippen LogP contribution in [0.5, 0.6) is 0 Å². The molecule has 2 amide bonds. The summed E-state index contributed by atoms with van der Waals surface area (Å²) >= 11 is 0. The van der Waals surface area contributed by atoms with Crippen LogP contribution in [-0.4, -0.2) is 23.3 Å². The Kier molecular flexibility index (Phi) is 7.60. The molecule has 4 nitrogen and oxygen atoms in total. The van der Waals surface area contributed by atoms with Crippen molar-refractivity contribution in [3.05, 3.63) is 107 Å². The van der Waals surface area contributed by atoms with Gasteiger partial charge < -0.3 is 10.2 Å².